The van der Waals surface area contributed by atoms with Gasteiger partial charge in [-0.25, -0.2) is 4.79 Å². The molecule has 0 spiro atoms. The third-order valence-corrected chi connectivity index (χ3v) is 10.5. The molecule has 0 bridgehead atoms. The Hall–Kier alpha value is -1.70. The van der Waals surface area contributed by atoms with Crippen molar-refractivity contribution < 1.29 is 9.16 Å². The standard InChI is InChI=1S/C19H31N3O3Si/c1-8-14-11-17(22-10-9-16(20)21-18(22)23)25-15(14)12-24-26(6,7)19(4,5)13(2)3/h8-11,13,15,17H,1,12H2,2-7H3,(H2,20,21,23)/t15-,17-/m1/s1. The quantitative estimate of drug-likeness (QED) is 0.736. The van der Waals surface area contributed by atoms with Crippen LogP contribution < -0.4 is 11.4 Å². The van der Waals surface area contributed by atoms with Crippen LogP contribution in [0.3, 0.4) is 0 Å². The Labute approximate surface area is 156 Å². The van der Waals surface area contributed by atoms with Gasteiger partial charge in [-0.1, -0.05) is 40.3 Å². The smallest absolute Gasteiger partial charge is 0.351 e. The molecular weight excluding hydrogens is 346 g/mol. The molecule has 2 atom stereocenters. The normalized spacial score (nSPS) is 21.1. The molecule has 1 aromatic rings. The van der Waals surface area contributed by atoms with Crippen molar-refractivity contribution in [3.63, 3.8) is 0 Å². The van der Waals surface area contributed by atoms with Crippen molar-refractivity contribution in [1.29, 1.82) is 0 Å². The largest absolute Gasteiger partial charge is 0.414 e. The molecule has 144 valence electrons. The van der Waals surface area contributed by atoms with Crippen molar-refractivity contribution in [2.75, 3.05) is 12.3 Å². The van der Waals surface area contributed by atoms with Crippen molar-refractivity contribution in [3.05, 3.63) is 47.1 Å². The predicted molar refractivity (Wildman–Crippen MR) is 107 cm³/mol. The molecule has 0 aromatic carbocycles. The summed E-state index contributed by atoms with van der Waals surface area (Å²) in [6.07, 6.45) is 4.45. The predicted octanol–water partition coefficient (Wildman–Crippen LogP) is 3.49. The van der Waals surface area contributed by atoms with Gasteiger partial charge in [-0.3, -0.25) is 4.57 Å². The second-order valence-electron chi connectivity index (χ2n) is 8.13. The van der Waals surface area contributed by atoms with Gasteiger partial charge < -0.3 is 14.9 Å². The van der Waals surface area contributed by atoms with Crippen LogP contribution in [0.25, 0.3) is 0 Å². The maximum atomic E-state index is 12.1. The number of rotatable bonds is 7. The molecule has 7 heteroatoms. The van der Waals surface area contributed by atoms with E-state index in [1.807, 2.05) is 6.08 Å². The lowest BCUT2D eigenvalue weighted by Gasteiger charge is -2.43. The van der Waals surface area contributed by atoms with Crippen molar-refractivity contribution in [1.82, 2.24) is 9.55 Å². The zero-order valence-corrected chi connectivity index (χ0v) is 17.7. The number of nitrogen functional groups attached to an aromatic ring is 1. The van der Waals surface area contributed by atoms with E-state index in [1.165, 1.54) is 4.57 Å². The Bertz CT molecular complexity index is 753. The highest BCUT2D eigenvalue weighted by molar-refractivity contribution is 6.74. The Morgan fingerprint density at radius 2 is 2.15 bits per heavy atom. The zero-order valence-electron chi connectivity index (χ0n) is 16.7. The average molecular weight is 378 g/mol. The lowest BCUT2D eigenvalue weighted by Crippen LogP contribution is -2.46. The molecule has 0 amide bonds. The van der Waals surface area contributed by atoms with Crippen LogP contribution in [0, 0.1) is 5.92 Å². The highest BCUT2D eigenvalue weighted by Crippen LogP contribution is 2.45. The van der Waals surface area contributed by atoms with Crippen molar-refractivity contribution in [3.8, 4) is 0 Å². The number of nitrogens with zero attached hydrogens (tertiary/aromatic N) is 2. The molecule has 0 fully saturated rings. The van der Waals surface area contributed by atoms with E-state index in [0.29, 0.717) is 12.5 Å². The Kier molecular flexibility index (Phi) is 5.94. The fourth-order valence-electron chi connectivity index (χ4n) is 2.82. The van der Waals surface area contributed by atoms with Gasteiger partial charge in [0.05, 0.1) is 6.61 Å². The average Bonchev–Trinajstić information content (AvgIpc) is 2.95. The van der Waals surface area contributed by atoms with Gasteiger partial charge in [-0.05, 0) is 41.8 Å². The maximum absolute atomic E-state index is 12.1. The molecule has 1 aliphatic heterocycles. The number of nitrogens with two attached hydrogens (primary N) is 1. The first-order chi connectivity index (χ1) is 12.0. The van der Waals surface area contributed by atoms with Crippen molar-refractivity contribution in [2.45, 2.75) is 58.2 Å². The van der Waals surface area contributed by atoms with E-state index in [1.54, 1.807) is 18.3 Å². The summed E-state index contributed by atoms with van der Waals surface area (Å²) in [4.78, 5) is 15.8. The van der Waals surface area contributed by atoms with Gasteiger partial charge in [0.2, 0.25) is 0 Å². The van der Waals surface area contributed by atoms with Crippen LogP contribution >= 0.6 is 0 Å². The summed E-state index contributed by atoms with van der Waals surface area (Å²) in [5.41, 5.74) is 6.04. The van der Waals surface area contributed by atoms with Crippen LogP contribution in [0.15, 0.2) is 41.4 Å². The van der Waals surface area contributed by atoms with Gasteiger partial charge in [0.15, 0.2) is 14.5 Å². The third kappa shape index (κ3) is 4.00. The summed E-state index contributed by atoms with van der Waals surface area (Å²) in [6.45, 7) is 17.8. The molecule has 0 saturated heterocycles. The first-order valence-electron chi connectivity index (χ1n) is 8.98. The summed E-state index contributed by atoms with van der Waals surface area (Å²) in [6, 6.07) is 1.58. The number of ether oxygens (including phenoxy) is 1. The molecule has 1 aromatic heterocycles. The van der Waals surface area contributed by atoms with Crippen LogP contribution in [-0.4, -0.2) is 30.6 Å². The monoisotopic (exact) mass is 377 g/mol. The minimum Gasteiger partial charge on any atom is -0.414 e. The Balaban J connectivity index is 2.13. The van der Waals surface area contributed by atoms with Crippen LogP contribution in [0.4, 0.5) is 5.82 Å². The molecule has 0 saturated carbocycles. The third-order valence-electron chi connectivity index (χ3n) is 5.96. The van der Waals surface area contributed by atoms with E-state index in [4.69, 9.17) is 14.9 Å². The Morgan fingerprint density at radius 3 is 2.69 bits per heavy atom. The van der Waals surface area contributed by atoms with E-state index in [0.717, 1.165) is 5.57 Å². The molecule has 2 rings (SSSR count). The second kappa shape index (κ2) is 7.50. The van der Waals surface area contributed by atoms with Gasteiger partial charge in [-0.2, -0.15) is 4.98 Å². The van der Waals surface area contributed by atoms with E-state index in [2.05, 4.69) is 52.4 Å². The number of anilines is 1. The highest BCUT2D eigenvalue weighted by Gasteiger charge is 2.44. The van der Waals surface area contributed by atoms with Crippen LogP contribution in [-0.2, 0) is 9.16 Å². The van der Waals surface area contributed by atoms with E-state index in [9.17, 15) is 4.79 Å². The van der Waals surface area contributed by atoms with Gasteiger partial charge in [0.1, 0.15) is 11.9 Å². The summed E-state index contributed by atoms with van der Waals surface area (Å²) in [7, 11) is -1.96. The number of hydrogen-bond acceptors (Lipinski definition) is 5. The highest BCUT2D eigenvalue weighted by atomic mass is 28.4. The maximum Gasteiger partial charge on any atom is 0.351 e. The minimum atomic E-state index is -1.96. The van der Waals surface area contributed by atoms with E-state index < -0.39 is 20.2 Å². The molecule has 26 heavy (non-hydrogen) atoms. The van der Waals surface area contributed by atoms with Gasteiger partial charge >= 0.3 is 5.69 Å². The van der Waals surface area contributed by atoms with Gasteiger partial charge in [0.25, 0.3) is 0 Å². The zero-order chi connectivity index (χ0) is 19.7. The lowest BCUT2D eigenvalue weighted by atomic mass is 9.99. The van der Waals surface area contributed by atoms with E-state index >= 15 is 0 Å². The fourth-order valence-corrected chi connectivity index (χ4v) is 5.15. The van der Waals surface area contributed by atoms with Gasteiger partial charge in [0, 0.05) is 6.20 Å². The molecule has 0 radical (unpaired) electrons. The number of hydrogen-bond donors (Lipinski definition) is 1. The summed E-state index contributed by atoms with van der Waals surface area (Å²) in [5.74, 6) is 0.718. The molecule has 2 heterocycles. The molecule has 1 aliphatic rings. The van der Waals surface area contributed by atoms with Crippen LogP contribution in [0.2, 0.25) is 18.1 Å². The van der Waals surface area contributed by atoms with E-state index in [-0.39, 0.29) is 17.0 Å². The SMILES string of the molecule is C=CC1=C[C@H](n2ccc(N)nc2=O)O[C@@H]1CO[Si](C)(C)C(C)(C)C(C)C. The Morgan fingerprint density at radius 1 is 1.50 bits per heavy atom. The molecule has 6 nitrogen and oxygen atoms in total. The second-order valence-corrected chi connectivity index (χ2v) is 12.7. The first kappa shape index (κ1) is 20.6. The molecule has 2 N–H and O–H groups in total. The van der Waals surface area contributed by atoms with Crippen LogP contribution in [0.5, 0.6) is 0 Å². The first-order valence-corrected chi connectivity index (χ1v) is 11.9. The van der Waals surface area contributed by atoms with Gasteiger partial charge in [-0.15, -0.1) is 0 Å². The fraction of sp³-hybridized carbons (Fsp3) is 0.579. The van der Waals surface area contributed by atoms with Crippen molar-refractivity contribution >= 4 is 14.1 Å². The minimum absolute atomic E-state index is 0.126. The summed E-state index contributed by atoms with van der Waals surface area (Å²) < 4.78 is 13.9. The summed E-state index contributed by atoms with van der Waals surface area (Å²) >= 11 is 0. The molecular formula is C19H31N3O3Si. The molecule has 0 unspecified atom stereocenters. The lowest BCUT2D eigenvalue weighted by molar-refractivity contribution is -0.0106. The summed E-state index contributed by atoms with van der Waals surface area (Å²) in [5, 5.41) is 0.126. The number of aromatic nitrogens is 2. The van der Waals surface area contributed by atoms with Crippen molar-refractivity contribution in [2.24, 2.45) is 5.92 Å². The van der Waals surface area contributed by atoms with Crippen LogP contribution in [0.1, 0.15) is 33.9 Å². The molecule has 0 aliphatic carbocycles. The topological polar surface area (TPSA) is 79.4 Å².